The first-order valence-corrected chi connectivity index (χ1v) is 6.14. The monoisotopic (exact) mass is 266 g/mol. The van der Waals surface area contributed by atoms with Crippen molar-refractivity contribution < 1.29 is 19.0 Å². The Morgan fingerprint density at radius 3 is 1.50 bits per heavy atom. The van der Waals surface area contributed by atoms with Gasteiger partial charge in [-0.2, -0.15) is 0 Å². The van der Waals surface area contributed by atoms with E-state index in [1.54, 1.807) is 36.4 Å². The van der Waals surface area contributed by atoms with Crippen molar-refractivity contribution in [3.05, 3.63) is 48.5 Å². The van der Waals surface area contributed by atoms with Crippen LogP contribution in [0, 0.1) is 0 Å². The molecule has 4 aromatic rings. The van der Waals surface area contributed by atoms with E-state index in [1.165, 1.54) is 0 Å². The van der Waals surface area contributed by atoms with E-state index in [0.717, 1.165) is 10.8 Å². The summed E-state index contributed by atoms with van der Waals surface area (Å²) >= 11 is 0. The van der Waals surface area contributed by atoms with Gasteiger partial charge in [0.1, 0.15) is 22.7 Å². The van der Waals surface area contributed by atoms with Gasteiger partial charge in [0.2, 0.25) is 0 Å². The average Bonchev–Trinajstić information content (AvgIpc) is 3.00. The molecule has 0 aliphatic rings. The van der Waals surface area contributed by atoms with Gasteiger partial charge in [-0.15, -0.1) is 0 Å². The van der Waals surface area contributed by atoms with Crippen molar-refractivity contribution in [1.82, 2.24) is 0 Å². The molecule has 2 aromatic carbocycles. The maximum Gasteiger partial charge on any atom is 0.170 e. The maximum atomic E-state index is 9.46. The van der Waals surface area contributed by atoms with E-state index >= 15 is 0 Å². The van der Waals surface area contributed by atoms with E-state index < -0.39 is 0 Å². The lowest BCUT2D eigenvalue weighted by Gasteiger charge is -1.89. The zero-order valence-corrected chi connectivity index (χ0v) is 10.3. The summed E-state index contributed by atoms with van der Waals surface area (Å²) in [6.07, 6.45) is 0. The Morgan fingerprint density at radius 1 is 0.600 bits per heavy atom. The van der Waals surface area contributed by atoms with Crippen LogP contribution >= 0.6 is 0 Å². The Balaban J connectivity index is 1.91. The van der Waals surface area contributed by atoms with E-state index in [2.05, 4.69) is 0 Å². The average molecular weight is 266 g/mol. The molecule has 2 heterocycles. The molecule has 4 nitrogen and oxygen atoms in total. The summed E-state index contributed by atoms with van der Waals surface area (Å²) in [5, 5.41) is 20.5. The van der Waals surface area contributed by atoms with Crippen LogP contribution in [-0.4, -0.2) is 10.2 Å². The number of hydrogen-bond acceptors (Lipinski definition) is 4. The summed E-state index contributed by atoms with van der Waals surface area (Å²) in [6.45, 7) is 0. The van der Waals surface area contributed by atoms with Crippen LogP contribution in [0.5, 0.6) is 11.5 Å². The van der Waals surface area contributed by atoms with Gasteiger partial charge in [-0.3, -0.25) is 0 Å². The molecule has 0 unspecified atom stereocenters. The maximum absolute atomic E-state index is 9.46. The van der Waals surface area contributed by atoms with Crippen molar-refractivity contribution in [3.63, 3.8) is 0 Å². The van der Waals surface area contributed by atoms with Crippen LogP contribution in [0.3, 0.4) is 0 Å². The third-order valence-electron chi connectivity index (χ3n) is 3.24. The number of phenolic OH excluding ortho intramolecular Hbond substituents is 2. The molecule has 4 heteroatoms. The molecule has 98 valence electrons. The molecule has 2 aromatic heterocycles. The lowest BCUT2D eigenvalue weighted by Crippen LogP contribution is -1.63. The van der Waals surface area contributed by atoms with Crippen molar-refractivity contribution in [2.75, 3.05) is 0 Å². The zero-order chi connectivity index (χ0) is 13.7. The quantitative estimate of drug-likeness (QED) is 0.540. The van der Waals surface area contributed by atoms with Crippen LogP contribution in [0.25, 0.3) is 33.5 Å². The number of aromatic hydroxyl groups is 2. The van der Waals surface area contributed by atoms with E-state index in [4.69, 9.17) is 8.83 Å². The summed E-state index contributed by atoms with van der Waals surface area (Å²) in [5.74, 6) is 1.56. The fourth-order valence-electron chi connectivity index (χ4n) is 2.30. The predicted molar refractivity (Wildman–Crippen MR) is 74.8 cm³/mol. The molecule has 0 aliphatic carbocycles. The highest BCUT2D eigenvalue weighted by molar-refractivity contribution is 5.87. The van der Waals surface area contributed by atoms with Gasteiger partial charge in [0.25, 0.3) is 0 Å². The molecule has 20 heavy (non-hydrogen) atoms. The van der Waals surface area contributed by atoms with Gasteiger partial charge in [-0.1, -0.05) is 0 Å². The molecule has 0 amide bonds. The Hall–Kier alpha value is -2.88. The highest BCUT2D eigenvalue weighted by atomic mass is 16.4. The number of benzene rings is 2. The van der Waals surface area contributed by atoms with Crippen LogP contribution in [0.4, 0.5) is 0 Å². The van der Waals surface area contributed by atoms with E-state index in [1.807, 2.05) is 12.1 Å². The Labute approximate surface area is 113 Å². The second-order valence-corrected chi connectivity index (χ2v) is 4.67. The SMILES string of the molecule is Oc1ccc2oc(-c3cc4cc(O)ccc4o3)cc2c1. The molecule has 0 bridgehead atoms. The third-order valence-corrected chi connectivity index (χ3v) is 3.24. The predicted octanol–water partition coefficient (Wildman–Crippen LogP) is 4.26. The second kappa shape index (κ2) is 3.81. The molecule has 4 rings (SSSR count). The van der Waals surface area contributed by atoms with Gasteiger partial charge in [0, 0.05) is 10.8 Å². The van der Waals surface area contributed by atoms with E-state index in [9.17, 15) is 10.2 Å². The largest absolute Gasteiger partial charge is 0.508 e. The smallest absolute Gasteiger partial charge is 0.170 e. The Bertz CT molecular complexity index is 852. The number of rotatable bonds is 1. The highest BCUT2D eigenvalue weighted by Crippen LogP contribution is 2.34. The van der Waals surface area contributed by atoms with Gasteiger partial charge >= 0.3 is 0 Å². The lowest BCUT2D eigenvalue weighted by molar-refractivity contribution is 0.475. The minimum atomic E-state index is 0.194. The molecule has 0 fully saturated rings. The summed E-state index contributed by atoms with van der Waals surface area (Å²) in [5.41, 5.74) is 1.36. The number of fused-ring (bicyclic) bond motifs is 2. The Morgan fingerprint density at radius 2 is 1.05 bits per heavy atom. The standard InChI is InChI=1S/C16H10O4/c17-11-1-3-13-9(5-11)7-15(19-13)16-8-10-6-12(18)2-4-14(10)20-16/h1-8,17-18H. The van der Waals surface area contributed by atoms with Gasteiger partial charge in [0.15, 0.2) is 11.5 Å². The summed E-state index contributed by atoms with van der Waals surface area (Å²) in [6, 6.07) is 13.5. The minimum Gasteiger partial charge on any atom is -0.508 e. The van der Waals surface area contributed by atoms with Gasteiger partial charge in [-0.05, 0) is 48.5 Å². The normalized spacial score (nSPS) is 11.4. The van der Waals surface area contributed by atoms with Crippen LogP contribution in [0.2, 0.25) is 0 Å². The molecule has 0 radical (unpaired) electrons. The molecular weight excluding hydrogens is 256 g/mol. The number of hydrogen-bond donors (Lipinski definition) is 2. The van der Waals surface area contributed by atoms with Crippen molar-refractivity contribution in [1.29, 1.82) is 0 Å². The molecule has 0 saturated carbocycles. The Kier molecular flexibility index (Phi) is 2.09. The van der Waals surface area contributed by atoms with Crippen LogP contribution in [0.15, 0.2) is 57.4 Å². The first-order chi connectivity index (χ1) is 9.69. The minimum absolute atomic E-state index is 0.194. The molecule has 0 aliphatic heterocycles. The summed E-state index contributed by atoms with van der Waals surface area (Å²) < 4.78 is 11.4. The first-order valence-electron chi connectivity index (χ1n) is 6.14. The number of furan rings is 2. The molecule has 0 spiro atoms. The van der Waals surface area contributed by atoms with Crippen molar-refractivity contribution in [2.24, 2.45) is 0 Å². The van der Waals surface area contributed by atoms with Gasteiger partial charge in [-0.25, -0.2) is 0 Å². The van der Waals surface area contributed by atoms with E-state index in [-0.39, 0.29) is 11.5 Å². The first kappa shape index (κ1) is 11.0. The van der Waals surface area contributed by atoms with Crippen molar-refractivity contribution in [2.45, 2.75) is 0 Å². The van der Waals surface area contributed by atoms with Crippen molar-refractivity contribution >= 4 is 21.9 Å². The van der Waals surface area contributed by atoms with Crippen LogP contribution in [0.1, 0.15) is 0 Å². The zero-order valence-electron chi connectivity index (χ0n) is 10.3. The lowest BCUT2D eigenvalue weighted by atomic mass is 10.2. The van der Waals surface area contributed by atoms with Crippen LogP contribution < -0.4 is 0 Å². The molecule has 2 N–H and O–H groups in total. The van der Waals surface area contributed by atoms with Gasteiger partial charge < -0.3 is 19.0 Å². The summed E-state index contributed by atoms with van der Waals surface area (Å²) in [7, 11) is 0. The third kappa shape index (κ3) is 1.62. The van der Waals surface area contributed by atoms with Gasteiger partial charge in [0.05, 0.1) is 0 Å². The molecule has 0 saturated heterocycles. The molecule has 0 atom stereocenters. The fourth-order valence-corrected chi connectivity index (χ4v) is 2.30. The number of phenols is 2. The summed E-state index contributed by atoms with van der Waals surface area (Å²) in [4.78, 5) is 0. The second-order valence-electron chi connectivity index (χ2n) is 4.67. The fraction of sp³-hybridized carbons (Fsp3) is 0. The topological polar surface area (TPSA) is 66.7 Å². The van der Waals surface area contributed by atoms with E-state index in [0.29, 0.717) is 22.7 Å². The highest BCUT2D eigenvalue weighted by Gasteiger charge is 2.12. The van der Waals surface area contributed by atoms with Crippen LogP contribution in [-0.2, 0) is 0 Å². The molecular formula is C16H10O4. The van der Waals surface area contributed by atoms with Crippen molar-refractivity contribution in [3.8, 4) is 23.0 Å².